The fourth-order valence-electron chi connectivity index (χ4n) is 10.3. The van der Waals surface area contributed by atoms with Crippen molar-refractivity contribution in [3.05, 3.63) is 23.8 Å². The predicted octanol–water partition coefficient (Wildman–Crippen LogP) is 7.58. The largest absolute Gasteiger partial charge is 0.481 e. The average molecular weight is 485 g/mol. The molecule has 4 aliphatic rings. The van der Waals surface area contributed by atoms with E-state index in [-0.39, 0.29) is 11.4 Å². The maximum atomic E-state index is 11.7. The molecular formula is C31H48O4. The third-order valence-corrected chi connectivity index (χ3v) is 12.2. The highest BCUT2D eigenvalue weighted by Gasteiger charge is 2.80. The molecule has 0 radical (unpaired) electrons. The van der Waals surface area contributed by atoms with E-state index in [0.717, 1.165) is 19.3 Å². The van der Waals surface area contributed by atoms with E-state index in [1.165, 1.54) is 57.6 Å². The number of fused-ring (bicyclic) bond motifs is 2. The van der Waals surface area contributed by atoms with E-state index in [9.17, 15) is 14.7 Å². The molecule has 4 fully saturated rings. The Kier molecular flexibility index (Phi) is 6.86. The Morgan fingerprint density at radius 1 is 1.11 bits per heavy atom. The lowest BCUT2D eigenvalue weighted by atomic mass is 9.43. The minimum Gasteiger partial charge on any atom is -0.481 e. The van der Waals surface area contributed by atoms with Crippen molar-refractivity contribution in [1.29, 1.82) is 0 Å². The Hall–Kier alpha value is -1.58. The van der Waals surface area contributed by atoms with Crippen molar-refractivity contribution < 1.29 is 19.4 Å². The second-order valence-electron chi connectivity index (χ2n) is 13.3. The molecule has 4 saturated carbocycles. The van der Waals surface area contributed by atoms with Crippen molar-refractivity contribution >= 4 is 11.9 Å². The molecule has 1 spiro atoms. The maximum absolute atomic E-state index is 11.7. The Morgan fingerprint density at radius 2 is 1.83 bits per heavy atom. The fraction of sp³-hybridized carbons (Fsp3) is 0.806. The monoisotopic (exact) mass is 484 g/mol. The first-order chi connectivity index (χ1) is 16.4. The molecule has 35 heavy (non-hydrogen) atoms. The number of hydrogen-bond donors (Lipinski definition) is 1. The van der Waals surface area contributed by atoms with Crippen molar-refractivity contribution in [3.63, 3.8) is 0 Å². The van der Waals surface area contributed by atoms with Gasteiger partial charge in [0.25, 0.3) is 0 Å². The van der Waals surface area contributed by atoms with Gasteiger partial charge in [-0.25, -0.2) is 4.79 Å². The number of carboxylic acid groups (broad SMARTS) is 1. The minimum atomic E-state index is -0.651. The highest BCUT2D eigenvalue weighted by atomic mass is 16.5. The van der Waals surface area contributed by atoms with E-state index in [2.05, 4.69) is 40.3 Å². The number of carboxylic acids is 1. The molecule has 8 atom stereocenters. The van der Waals surface area contributed by atoms with Crippen LogP contribution >= 0.6 is 0 Å². The van der Waals surface area contributed by atoms with Crippen molar-refractivity contribution in [2.45, 2.75) is 105 Å². The average Bonchev–Trinajstić information content (AvgIpc) is 3.40. The summed E-state index contributed by atoms with van der Waals surface area (Å²) in [6.45, 7) is 16.0. The first-order valence-electron chi connectivity index (χ1n) is 14.0. The Labute approximate surface area is 213 Å². The second-order valence-corrected chi connectivity index (χ2v) is 13.3. The number of carbonyl (C=O) groups excluding carboxylic acids is 1. The predicted molar refractivity (Wildman–Crippen MR) is 140 cm³/mol. The molecule has 0 aromatic heterocycles. The number of methoxy groups -OCH3 is 1. The zero-order chi connectivity index (χ0) is 25.8. The summed E-state index contributed by atoms with van der Waals surface area (Å²) in [5.74, 6) is 1.66. The summed E-state index contributed by atoms with van der Waals surface area (Å²) in [7, 11) is 1.44. The Bertz CT molecular complexity index is 919. The van der Waals surface area contributed by atoms with Gasteiger partial charge in [0.15, 0.2) is 0 Å². The van der Waals surface area contributed by atoms with Crippen molar-refractivity contribution in [3.8, 4) is 0 Å². The molecule has 4 aliphatic carbocycles. The van der Waals surface area contributed by atoms with E-state index < -0.39 is 5.97 Å². The van der Waals surface area contributed by atoms with Gasteiger partial charge in [-0.1, -0.05) is 39.0 Å². The highest BCUT2D eigenvalue weighted by Crippen LogP contribution is 2.87. The van der Waals surface area contributed by atoms with Gasteiger partial charge in [-0.3, -0.25) is 4.79 Å². The van der Waals surface area contributed by atoms with E-state index in [0.29, 0.717) is 51.9 Å². The molecular weight excluding hydrogens is 436 g/mol. The first kappa shape index (κ1) is 26.5. The number of ether oxygens (including phenoxy) is 1. The van der Waals surface area contributed by atoms with E-state index in [4.69, 9.17) is 4.74 Å². The molecule has 0 bridgehead atoms. The van der Waals surface area contributed by atoms with Crippen LogP contribution in [0.3, 0.4) is 0 Å². The van der Waals surface area contributed by atoms with Crippen LogP contribution in [0.25, 0.3) is 0 Å². The Morgan fingerprint density at radius 3 is 2.46 bits per heavy atom. The van der Waals surface area contributed by atoms with E-state index in [1.54, 1.807) is 0 Å². The van der Waals surface area contributed by atoms with Gasteiger partial charge in [-0.2, -0.15) is 0 Å². The molecule has 4 heteroatoms. The molecule has 1 N–H and O–H groups in total. The molecule has 8 unspecified atom stereocenters. The normalized spacial score (nSPS) is 42.9. The molecule has 0 heterocycles. The van der Waals surface area contributed by atoms with Gasteiger partial charge in [-0.15, -0.1) is 0 Å². The molecule has 0 aliphatic heterocycles. The number of allylic oxidation sites excluding steroid dienone is 2. The first-order valence-corrected chi connectivity index (χ1v) is 14.0. The minimum absolute atomic E-state index is 0.171. The van der Waals surface area contributed by atoms with Crippen LogP contribution in [-0.2, 0) is 14.3 Å². The third kappa shape index (κ3) is 3.84. The van der Waals surface area contributed by atoms with Crippen LogP contribution in [0.2, 0.25) is 0 Å². The third-order valence-electron chi connectivity index (χ3n) is 12.2. The van der Waals surface area contributed by atoms with Crippen molar-refractivity contribution in [1.82, 2.24) is 0 Å². The number of aliphatic carboxylic acids is 1. The topological polar surface area (TPSA) is 63.6 Å². The standard InChI is InChI=1S/C31H48O4/c1-20(2)23-11-12-25-29(6)15-13-24(21(3)9-8-10-22(4)27(34)35-7)28(29,5)17-18-31(25)19-30(23,31)16-14-26(32)33/h10,21,23-25H,1,8-9,11-19H2,2-7H3,(H,32,33). The van der Waals surface area contributed by atoms with E-state index in [1.807, 2.05) is 6.92 Å². The summed E-state index contributed by atoms with van der Waals surface area (Å²) < 4.78 is 4.85. The number of carbonyl (C=O) groups is 2. The highest BCUT2D eigenvalue weighted by molar-refractivity contribution is 5.87. The maximum Gasteiger partial charge on any atom is 0.333 e. The number of rotatable bonds is 9. The van der Waals surface area contributed by atoms with Gasteiger partial charge in [0.05, 0.1) is 7.11 Å². The summed E-state index contributed by atoms with van der Waals surface area (Å²) in [5.41, 5.74) is 3.15. The second kappa shape index (κ2) is 9.06. The smallest absolute Gasteiger partial charge is 0.333 e. The van der Waals surface area contributed by atoms with E-state index >= 15 is 0 Å². The van der Waals surface area contributed by atoms with Crippen LogP contribution in [0.15, 0.2) is 23.8 Å². The number of esters is 1. The zero-order valence-electron chi connectivity index (χ0n) is 23.0. The SMILES string of the molecule is C=C(C)C1CCC2C3(C)CCC(C(C)CCC=C(C)C(=O)OC)C3(C)CCC23CC13CCC(=O)O. The summed E-state index contributed by atoms with van der Waals surface area (Å²) >= 11 is 0. The van der Waals surface area contributed by atoms with Crippen LogP contribution < -0.4 is 0 Å². The van der Waals surface area contributed by atoms with Crippen LogP contribution in [0.5, 0.6) is 0 Å². The molecule has 0 amide bonds. The van der Waals surface area contributed by atoms with Crippen LogP contribution in [-0.4, -0.2) is 24.2 Å². The van der Waals surface area contributed by atoms with Crippen LogP contribution in [0, 0.1) is 45.3 Å². The summed E-state index contributed by atoms with van der Waals surface area (Å²) in [4.78, 5) is 23.3. The molecule has 0 aromatic carbocycles. The van der Waals surface area contributed by atoms with Crippen molar-refractivity contribution in [2.75, 3.05) is 7.11 Å². The molecule has 4 rings (SSSR count). The van der Waals surface area contributed by atoms with Crippen LogP contribution in [0.4, 0.5) is 0 Å². The van der Waals surface area contributed by atoms with Crippen molar-refractivity contribution in [2.24, 2.45) is 45.3 Å². The molecule has 196 valence electrons. The zero-order valence-corrected chi connectivity index (χ0v) is 23.0. The lowest BCUT2D eigenvalue weighted by Crippen LogP contribution is -2.54. The van der Waals surface area contributed by atoms with Gasteiger partial charge in [0.2, 0.25) is 0 Å². The molecule has 0 saturated heterocycles. The lowest BCUT2D eigenvalue weighted by molar-refractivity contribution is -0.139. The summed E-state index contributed by atoms with van der Waals surface area (Å²) in [6, 6.07) is 0. The quantitative estimate of drug-likeness (QED) is 0.208. The van der Waals surface area contributed by atoms with Gasteiger partial charge in [-0.05, 0) is 123 Å². The summed E-state index contributed by atoms with van der Waals surface area (Å²) in [6.07, 6.45) is 14.0. The Balaban J connectivity index is 1.54. The number of hydrogen-bond acceptors (Lipinski definition) is 3. The van der Waals surface area contributed by atoms with Gasteiger partial charge in [0, 0.05) is 12.0 Å². The van der Waals surface area contributed by atoms with Gasteiger partial charge >= 0.3 is 11.9 Å². The lowest BCUT2D eigenvalue weighted by Gasteiger charge is -2.61. The van der Waals surface area contributed by atoms with Crippen LogP contribution in [0.1, 0.15) is 105 Å². The fourth-order valence-corrected chi connectivity index (χ4v) is 10.3. The molecule has 4 nitrogen and oxygen atoms in total. The summed E-state index contributed by atoms with van der Waals surface area (Å²) in [5, 5.41) is 9.53. The van der Waals surface area contributed by atoms with Gasteiger partial charge < -0.3 is 9.84 Å². The molecule has 0 aromatic rings. The van der Waals surface area contributed by atoms with Gasteiger partial charge in [0.1, 0.15) is 0 Å².